The Morgan fingerprint density at radius 3 is 1.27 bits per heavy atom. The number of fused-ring (bicyclic) bond motifs is 9. The maximum atomic E-state index is 6.59. The van der Waals surface area contributed by atoms with Crippen molar-refractivity contribution < 1.29 is 13.3 Å². The molecule has 11 aromatic rings. The van der Waals surface area contributed by atoms with Crippen LogP contribution in [-0.2, 0) is 0 Å². The molecule has 0 fully saturated rings. The summed E-state index contributed by atoms with van der Waals surface area (Å²) >= 11 is 0. The Morgan fingerprint density at radius 2 is 0.725 bits per heavy atom. The van der Waals surface area contributed by atoms with Gasteiger partial charge in [0.1, 0.15) is 33.5 Å². The predicted octanol–water partition coefficient (Wildman–Crippen LogP) is 12.2. The molecular weight excluding hydrogens is 631 g/mol. The Morgan fingerprint density at radius 1 is 0.294 bits per heavy atom. The van der Waals surface area contributed by atoms with Crippen LogP contribution in [-0.4, -0.2) is 15.0 Å². The summed E-state index contributed by atoms with van der Waals surface area (Å²) in [6.07, 6.45) is 0. The van der Waals surface area contributed by atoms with Crippen LogP contribution in [0.4, 0.5) is 0 Å². The van der Waals surface area contributed by atoms with E-state index in [2.05, 4.69) is 66.7 Å². The van der Waals surface area contributed by atoms with E-state index in [0.717, 1.165) is 93.6 Å². The zero-order valence-corrected chi connectivity index (χ0v) is 27.0. The number of furan rings is 3. The molecule has 7 aromatic carbocycles. The Bertz CT molecular complexity index is 3020. The largest absolute Gasteiger partial charge is 0.456 e. The molecule has 0 aliphatic rings. The van der Waals surface area contributed by atoms with Gasteiger partial charge in [-0.1, -0.05) is 103 Å². The quantitative estimate of drug-likeness (QED) is 0.188. The standard InChI is InChI=1S/C45H25N3O3/c1-2-9-26(10-3-1)30-13-8-14-36-35-22-19-29(25-41(35)51-42(30)36)45-47-43(27-17-20-33-31-11-4-6-15-37(31)49-39(33)23-27)46-44(48-45)28-18-21-34-32-12-5-7-16-38(32)50-40(34)24-28/h1-25H. The summed E-state index contributed by atoms with van der Waals surface area (Å²) in [7, 11) is 0. The lowest BCUT2D eigenvalue weighted by molar-refractivity contribution is 0.668. The molecule has 0 amide bonds. The van der Waals surface area contributed by atoms with Crippen molar-refractivity contribution in [3.05, 3.63) is 152 Å². The third kappa shape index (κ3) is 4.40. The molecule has 0 radical (unpaired) electrons. The van der Waals surface area contributed by atoms with E-state index in [9.17, 15) is 0 Å². The maximum absolute atomic E-state index is 6.59. The second kappa shape index (κ2) is 10.7. The first-order chi connectivity index (χ1) is 25.2. The van der Waals surface area contributed by atoms with Crippen LogP contribution in [0, 0.1) is 0 Å². The predicted molar refractivity (Wildman–Crippen MR) is 203 cm³/mol. The van der Waals surface area contributed by atoms with Crippen LogP contribution in [0.1, 0.15) is 0 Å². The number of para-hydroxylation sites is 3. The van der Waals surface area contributed by atoms with E-state index < -0.39 is 0 Å². The van der Waals surface area contributed by atoms with Gasteiger partial charge in [0.15, 0.2) is 17.5 Å². The van der Waals surface area contributed by atoms with Gasteiger partial charge in [0, 0.05) is 54.6 Å². The van der Waals surface area contributed by atoms with Gasteiger partial charge >= 0.3 is 0 Å². The molecule has 6 heteroatoms. The minimum Gasteiger partial charge on any atom is -0.456 e. The van der Waals surface area contributed by atoms with Gasteiger partial charge < -0.3 is 13.3 Å². The normalized spacial score (nSPS) is 11.9. The number of rotatable bonds is 4. The van der Waals surface area contributed by atoms with E-state index in [4.69, 9.17) is 28.2 Å². The van der Waals surface area contributed by atoms with E-state index in [1.165, 1.54) is 0 Å². The van der Waals surface area contributed by atoms with Gasteiger partial charge in [-0.05, 0) is 54.1 Å². The highest BCUT2D eigenvalue weighted by Crippen LogP contribution is 2.38. The average molecular weight is 656 g/mol. The second-order valence-electron chi connectivity index (χ2n) is 12.8. The molecule has 11 rings (SSSR count). The number of hydrogen-bond donors (Lipinski definition) is 0. The lowest BCUT2D eigenvalue weighted by Gasteiger charge is -2.08. The van der Waals surface area contributed by atoms with E-state index in [0.29, 0.717) is 17.5 Å². The molecule has 0 unspecified atom stereocenters. The van der Waals surface area contributed by atoms with Gasteiger partial charge in [0.2, 0.25) is 0 Å². The first-order valence-corrected chi connectivity index (χ1v) is 16.8. The van der Waals surface area contributed by atoms with Gasteiger partial charge in [0.25, 0.3) is 0 Å². The van der Waals surface area contributed by atoms with E-state index >= 15 is 0 Å². The van der Waals surface area contributed by atoms with Crippen molar-refractivity contribution in [1.82, 2.24) is 15.0 Å². The molecule has 0 N–H and O–H groups in total. The summed E-state index contributed by atoms with van der Waals surface area (Å²) in [5.41, 5.74) is 9.50. The fourth-order valence-electron chi connectivity index (χ4n) is 7.28. The monoisotopic (exact) mass is 655 g/mol. The van der Waals surface area contributed by atoms with E-state index in [1.54, 1.807) is 0 Å². The van der Waals surface area contributed by atoms with Crippen LogP contribution in [0.3, 0.4) is 0 Å². The number of hydrogen-bond acceptors (Lipinski definition) is 6. The summed E-state index contributed by atoms with van der Waals surface area (Å²) < 4.78 is 19.1. The van der Waals surface area contributed by atoms with Crippen molar-refractivity contribution in [3.8, 4) is 45.3 Å². The fourth-order valence-corrected chi connectivity index (χ4v) is 7.28. The van der Waals surface area contributed by atoms with Crippen molar-refractivity contribution in [2.45, 2.75) is 0 Å². The van der Waals surface area contributed by atoms with Crippen LogP contribution < -0.4 is 0 Å². The first kappa shape index (κ1) is 27.9. The minimum absolute atomic E-state index is 0.537. The highest BCUT2D eigenvalue weighted by Gasteiger charge is 2.18. The molecule has 6 nitrogen and oxygen atoms in total. The van der Waals surface area contributed by atoms with Gasteiger partial charge in [-0.2, -0.15) is 0 Å². The van der Waals surface area contributed by atoms with Crippen LogP contribution in [0.2, 0.25) is 0 Å². The lowest BCUT2D eigenvalue weighted by Crippen LogP contribution is -2.00. The highest BCUT2D eigenvalue weighted by atomic mass is 16.3. The van der Waals surface area contributed by atoms with Crippen molar-refractivity contribution in [1.29, 1.82) is 0 Å². The lowest BCUT2D eigenvalue weighted by atomic mass is 10.0. The molecule has 0 atom stereocenters. The molecule has 0 spiro atoms. The topological polar surface area (TPSA) is 78.1 Å². The van der Waals surface area contributed by atoms with Crippen molar-refractivity contribution in [3.63, 3.8) is 0 Å². The number of aromatic nitrogens is 3. The molecular formula is C45H25N3O3. The van der Waals surface area contributed by atoms with Crippen LogP contribution in [0.15, 0.2) is 165 Å². The molecule has 238 valence electrons. The maximum Gasteiger partial charge on any atom is 0.164 e. The Labute approximate surface area is 290 Å². The minimum atomic E-state index is 0.537. The van der Waals surface area contributed by atoms with Crippen molar-refractivity contribution >= 4 is 65.8 Å². The van der Waals surface area contributed by atoms with Crippen molar-refractivity contribution in [2.24, 2.45) is 0 Å². The van der Waals surface area contributed by atoms with E-state index in [1.807, 2.05) is 84.9 Å². The molecule has 0 saturated heterocycles. The first-order valence-electron chi connectivity index (χ1n) is 16.8. The van der Waals surface area contributed by atoms with Crippen LogP contribution >= 0.6 is 0 Å². The Hall–Kier alpha value is -7.05. The summed E-state index contributed by atoms with van der Waals surface area (Å²) in [5.74, 6) is 1.62. The third-order valence-corrected chi connectivity index (χ3v) is 9.75. The molecule has 0 saturated carbocycles. The number of benzene rings is 7. The smallest absolute Gasteiger partial charge is 0.164 e. The summed E-state index contributed by atoms with van der Waals surface area (Å²) in [6, 6.07) is 51.2. The van der Waals surface area contributed by atoms with Gasteiger partial charge in [0.05, 0.1) is 0 Å². The third-order valence-electron chi connectivity index (χ3n) is 9.75. The van der Waals surface area contributed by atoms with Gasteiger partial charge in [-0.25, -0.2) is 15.0 Å². The average Bonchev–Trinajstić information content (AvgIpc) is 3.88. The van der Waals surface area contributed by atoms with Crippen LogP contribution in [0.5, 0.6) is 0 Å². The molecule has 0 aliphatic carbocycles. The highest BCUT2D eigenvalue weighted by molar-refractivity contribution is 6.10. The summed E-state index contributed by atoms with van der Waals surface area (Å²) in [5, 5.41) is 6.34. The second-order valence-corrected chi connectivity index (χ2v) is 12.8. The van der Waals surface area contributed by atoms with Gasteiger partial charge in [-0.15, -0.1) is 0 Å². The molecule has 4 heterocycles. The van der Waals surface area contributed by atoms with Crippen LogP contribution in [0.25, 0.3) is 111 Å². The molecule has 4 aromatic heterocycles. The van der Waals surface area contributed by atoms with Crippen molar-refractivity contribution in [2.75, 3.05) is 0 Å². The molecule has 0 bridgehead atoms. The SMILES string of the molecule is c1ccc(-c2cccc3c2oc2cc(-c4nc(-c5ccc6c(c5)oc5ccccc56)nc(-c5ccc6c(c5)oc5ccccc56)n4)ccc23)cc1. The fraction of sp³-hybridized carbons (Fsp3) is 0. The zero-order chi connectivity index (χ0) is 33.5. The molecule has 0 aliphatic heterocycles. The number of nitrogens with zero attached hydrogens (tertiary/aromatic N) is 3. The zero-order valence-electron chi connectivity index (χ0n) is 27.0. The van der Waals surface area contributed by atoms with Gasteiger partial charge in [-0.3, -0.25) is 0 Å². The van der Waals surface area contributed by atoms with E-state index in [-0.39, 0.29) is 0 Å². The summed E-state index contributed by atoms with van der Waals surface area (Å²) in [6.45, 7) is 0. The summed E-state index contributed by atoms with van der Waals surface area (Å²) in [4.78, 5) is 15.1. The molecule has 51 heavy (non-hydrogen) atoms. The Kier molecular flexibility index (Phi) is 5.86. The Balaban J connectivity index is 1.10.